The van der Waals surface area contributed by atoms with Crippen molar-refractivity contribution in [2.24, 2.45) is 5.73 Å². The van der Waals surface area contributed by atoms with Crippen molar-refractivity contribution in [1.29, 1.82) is 0 Å². The first kappa shape index (κ1) is 26.4. The van der Waals surface area contributed by atoms with Gasteiger partial charge in [-0.1, -0.05) is 25.8 Å². The average molecular weight is 451 g/mol. The number of carbonyl (C=O) groups is 5. The summed E-state index contributed by atoms with van der Waals surface area (Å²) in [5, 5.41) is 23.4. The van der Waals surface area contributed by atoms with Crippen molar-refractivity contribution in [3.05, 3.63) is 29.3 Å². The monoisotopic (exact) mass is 451 g/mol. The summed E-state index contributed by atoms with van der Waals surface area (Å²) in [5.41, 5.74) is 5.20. The second-order valence-corrected chi connectivity index (χ2v) is 7.11. The molecule has 1 aromatic rings. The van der Waals surface area contributed by atoms with Gasteiger partial charge in [-0.15, -0.1) is 0 Å². The van der Waals surface area contributed by atoms with E-state index >= 15 is 0 Å². The maximum absolute atomic E-state index is 12.6. The molecule has 0 aliphatic carbocycles. The summed E-state index contributed by atoms with van der Waals surface area (Å²) < 4.78 is 5.10. The second-order valence-electron chi connectivity index (χ2n) is 7.11. The van der Waals surface area contributed by atoms with Crippen molar-refractivity contribution in [2.45, 2.75) is 51.5 Å². The Morgan fingerprint density at radius 1 is 1.09 bits per heavy atom. The number of ether oxygens (including phenoxy) is 1. The fraction of sp³-hybridized carbons (Fsp3) is 0.476. The maximum atomic E-state index is 12.6. The van der Waals surface area contributed by atoms with E-state index in [4.69, 9.17) is 15.6 Å². The summed E-state index contributed by atoms with van der Waals surface area (Å²) in [4.78, 5) is 57.9. The van der Waals surface area contributed by atoms with Gasteiger partial charge in [0.2, 0.25) is 11.8 Å². The maximum Gasteiger partial charge on any atom is 0.339 e. The van der Waals surface area contributed by atoms with Gasteiger partial charge in [0.25, 0.3) is 5.91 Å². The van der Waals surface area contributed by atoms with Gasteiger partial charge in [-0.2, -0.15) is 0 Å². The molecule has 11 nitrogen and oxygen atoms in total. The van der Waals surface area contributed by atoms with E-state index in [1.807, 2.05) is 6.92 Å². The Morgan fingerprint density at radius 2 is 1.81 bits per heavy atom. The molecule has 0 spiro atoms. The lowest BCUT2D eigenvalue weighted by atomic mass is 10.0. The molecule has 1 unspecified atom stereocenters. The summed E-state index contributed by atoms with van der Waals surface area (Å²) in [7, 11) is 0. The molecule has 0 bridgehead atoms. The van der Waals surface area contributed by atoms with E-state index in [1.54, 1.807) is 0 Å². The Bertz CT molecular complexity index is 840. The fourth-order valence-corrected chi connectivity index (χ4v) is 2.79. The van der Waals surface area contributed by atoms with Crippen molar-refractivity contribution >= 4 is 29.7 Å². The number of amides is 3. The van der Waals surface area contributed by atoms with E-state index in [-0.39, 0.29) is 30.6 Å². The van der Waals surface area contributed by atoms with Crippen LogP contribution in [0, 0.1) is 0 Å². The third-order valence-electron chi connectivity index (χ3n) is 4.38. The molecule has 6 N–H and O–H groups in total. The molecule has 1 rings (SSSR count). The molecular weight excluding hydrogens is 422 g/mol. The van der Waals surface area contributed by atoms with Gasteiger partial charge in [-0.3, -0.25) is 19.2 Å². The number of aliphatic carboxylic acids is 1. The lowest BCUT2D eigenvalue weighted by molar-refractivity contribution is -0.139. The third kappa shape index (κ3) is 9.92. The number of rotatable bonds is 15. The Hall–Kier alpha value is -3.63. The number of hydrogen-bond donors (Lipinski definition) is 5. The Labute approximate surface area is 185 Å². The van der Waals surface area contributed by atoms with Crippen LogP contribution in [0.4, 0.5) is 0 Å². The van der Waals surface area contributed by atoms with E-state index in [2.05, 4.69) is 10.6 Å². The molecule has 176 valence electrons. The summed E-state index contributed by atoms with van der Waals surface area (Å²) >= 11 is 0. The molecule has 1 aromatic carbocycles. The fourth-order valence-electron chi connectivity index (χ4n) is 2.79. The average Bonchev–Trinajstić information content (AvgIpc) is 2.73. The minimum Gasteiger partial charge on any atom is -0.483 e. The van der Waals surface area contributed by atoms with Gasteiger partial charge in [0.15, 0.2) is 6.61 Å². The van der Waals surface area contributed by atoms with Gasteiger partial charge in [-0.05, 0) is 24.1 Å². The van der Waals surface area contributed by atoms with E-state index in [9.17, 15) is 29.1 Å². The highest BCUT2D eigenvalue weighted by Crippen LogP contribution is 2.21. The Morgan fingerprint density at radius 3 is 2.41 bits per heavy atom. The molecule has 0 radical (unpaired) electrons. The zero-order valence-electron chi connectivity index (χ0n) is 17.9. The van der Waals surface area contributed by atoms with Gasteiger partial charge < -0.3 is 31.3 Å². The zero-order valence-corrected chi connectivity index (χ0v) is 17.9. The Kier molecular flexibility index (Phi) is 11.2. The van der Waals surface area contributed by atoms with E-state index in [1.165, 1.54) is 18.2 Å². The number of nitrogens with one attached hydrogen (secondary N) is 2. The summed E-state index contributed by atoms with van der Waals surface area (Å²) in [6, 6.07) is 3.09. The molecule has 0 aliphatic heterocycles. The standard InChI is InChI=1S/C21H29N3O8/c1-2-3-4-9-23-20(29)15(24-18(26)7-8-19(27)28)11-13-5-6-16(32-12-17(22)25)14(10-13)21(30)31/h5-6,10,15H,2-4,7-9,11-12H2,1H3,(H2,22,25)(H,23,29)(H,24,26)(H,27,28)(H,30,31). The van der Waals surface area contributed by atoms with Gasteiger partial charge in [0, 0.05) is 19.4 Å². The van der Waals surface area contributed by atoms with Crippen LogP contribution < -0.4 is 21.1 Å². The summed E-state index contributed by atoms with van der Waals surface area (Å²) in [6.45, 7) is 1.93. The van der Waals surface area contributed by atoms with Gasteiger partial charge >= 0.3 is 11.9 Å². The van der Waals surface area contributed by atoms with Crippen LogP contribution in [-0.4, -0.2) is 59.1 Å². The number of nitrogens with two attached hydrogens (primary N) is 1. The van der Waals surface area contributed by atoms with Crippen molar-refractivity contribution < 1.29 is 38.9 Å². The van der Waals surface area contributed by atoms with E-state index < -0.39 is 42.3 Å². The number of primary amides is 1. The highest BCUT2D eigenvalue weighted by Gasteiger charge is 2.23. The molecule has 1 atom stereocenters. The second kappa shape index (κ2) is 13.6. The first-order valence-electron chi connectivity index (χ1n) is 10.2. The third-order valence-corrected chi connectivity index (χ3v) is 4.38. The smallest absolute Gasteiger partial charge is 0.339 e. The molecule has 0 fully saturated rings. The Balaban J connectivity index is 3.00. The number of carboxylic acid groups (broad SMARTS) is 2. The van der Waals surface area contributed by atoms with Crippen molar-refractivity contribution in [2.75, 3.05) is 13.2 Å². The predicted octanol–water partition coefficient (Wildman–Crippen LogP) is 0.447. The normalized spacial score (nSPS) is 11.3. The molecule has 0 saturated heterocycles. The number of carbonyl (C=O) groups excluding carboxylic acids is 3. The van der Waals surface area contributed by atoms with Crippen molar-refractivity contribution in [3.63, 3.8) is 0 Å². The minimum atomic E-state index is -1.31. The largest absolute Gasteiger partial charge is 0.483 e. The van der Waals surface area contributed by atoms with Crippen LogP contribution in [0.5, 0.6) is 5.75 Å². The lowest BCUT2D eigenvalue weighted by Gasteiger charge is -2.19. The first-order valence-corrected chi connectivity index (χ1v) is 10.2. The number of aromatic carboxylic acids is 1. The lowest BCUT2D eigenvalue weighted by Crippen LogP contribution is -2.48. The molecule has 0 saturated carbocycles. The van der Waals surface area contributed by atoms with Crippen LogP contribution in [0.15, 0.2) is 18.2 Å². The molecule has 0 aliphatic rings. The van der Waals surface area contributed by atoms with Crippen LogP contribution in [0.1, 0.15) is 54.9 Å². The van der Waals surface area contributed by atoms with Crippen LogP contribution in [0.25, 0.3) is 0 Å². The number of hydrogen-bond acceptors (Lipinski definition) is 6. The number of unbranched alkanes of at least 4 members (excludes halogenated alkanes) is 2. The predicted molar refractivity (Wildman–Crippen MR) is 113 cm³/mol. The number of carboxylic acids is 2. The molecule has 32 heavy (non-hydrogen) atoms. The molecular formula is C21H29N3O8. The van der Waals surface area contributed by atoms with Crippen molar-refractivity contribution in [1.82, 2.24) is 10.6 Å². The minimum absolute atomic E-state index is 0.0329. The summed E-state index contributed by atoms with van der Waals surface area (Å²) in [5.74, 6) is -4.35. The highest BCUT2D eigenvalue weighted by atomic mass is 16.5. The SMILES string of the molecule is CCCCCNC(=O)C(Cc1ccc(OCC(N)=O)c(C(=O)O)c1)NC(=O)CCC(=O)O. The van der Waals surface area contributed by atoms with E-state index in [0.29, 0.717) is 12.1 Å². The van der Waals surface area contributed by atoms with Gasteiger partial charge in [0.05, 0.1) is 6.42 Å². The molecule has 11 heteroatoms. The van der Waals surface area contributed by atoms with Crippen LogP contribution in [0.3, 0.4) is 0 Å². The van der Waals surface area contributed by atoms with Crippen LogP contribution in [0.2, 0.25) is 0 Å². The molecule has 0 aromatic heterocycles. The van der Waals surface area contributed by atoms with Crippen LogP contribution in [-0.2, 0) is 25.6 Å². The molecule has 0 heterocycles. The zero-order chi connectivity index (χ0) is 24.1. The van der Waals surface area contributed by atoms with E-state index in [0.717, 1.165) is 19.3 Å². The molecule has 3 amide bonds. The van der Waals surface area contributed by atoms with Gasteiger partial charge in [-0.25, -0.2) is 4.79 Å². The van der Waals surface area contributed by atoms with Crippen molar-refractivity contribution in [3.8, 4) is 5.75 Å². The topological polar surface area (TPSA) is 185 Å². The number of benzene rings is 1. The summed E-state index contributed by atoms with van der Waals surface area (Å²) in [6.07, 6.45) is 1.94. The van der Waals surface area contributed by atoms with Gasteiger partial charge in [0.1, 0.15) is 17.4 Å². The first-order chi connectivity index (χ1) is 15.1. The highest BCUT2D eigenvalue weighted by molar-refractivity contribution is 5.92. The van der Waals surface area contributed by atoms with Crippen LogP contribution >= 0.6 is 0 Å². The quantitative estimate of drug-likeness (QED) is 0.238.